The lowest BCUT2D eigenvalue weighted by Gasteiger charge is -2.33. The molecule has 1 unspecified atom stereocenters. The van der Waals surface area contributed by atoms with Crippen LogP contribution in [0.4, 0.5) is 0 Å². The molecule has 98 valence electrons. The zero-order chi connectivity index (χ0) is 12.9. The van der Waals surface area contributed by atoms with Crippen LogP contribution < -0.4 is 5.73 Å². The summed E-state index contributed by atoms with van der Waals surface area (Å²) in [6, 6.07) is 4.17. The van der Waals surface area contributed by atoms with Gasteiger partial charge in [0, 0.05) is 19.7 Å². The van der Waals surface area contributed by atoms with Crippen LogP contribution >= 0.6 is 0 Å². The van der Waals surface area contributed by atoms with Gasteiger partial charge in [-0.2, -0.15) is 0 Å². The molecule has 0 fully saturated rings. The van der Waals surface area contributed by atoms with Crippen LogP contribution in [0.15, 0.2) is 22.8 Å². The zero-order valence-electron chi connectivity index (χ0n) is 11.3. The molecule has 0 aliphatic carbocycles. The minimum absolute atomic E-state index is 0.151. The van der Waals surface area contributed by atoms with Gasteiger partial charge in [-0.05, 0) is 39.4 Å². The van der Waals surface area contributed by atoms with Gasteiger partial charge in [-0.15, -0.1) is 0 Å². The van der Waals surface area contributed by atoms with Crippen molar-refractivity contribution in [2.75, 3.05) is 20.7 Å². The molecule has 0 radical (unpaired) electrons. The van der Waals surface area contributed by atoms with Crippen molar-refractivity contribution in [3.8, 4) is 0 Å². The summed E-state index contributed by atoms with van der Waals surface area (Å²) in [5.74, 6) is 0.959. The summed E-state index contributed by atoms with van der Waals surface area (Å²) in [6.45, 7) is 5.55. The second-order valence-electron chi connectivity index (χ2n) is 5.05. The van der Waals surface area contributed by atoms with Crippen LogP contribution in [0, 0.1) is 0 Å². The molecule has 0 aliphatic heterocycles. The van der Waals surface area contributed by atoms with E-state index in [1.807, 2.05) is 12.1 Å². The van der Waals surface area contributed by atoms with E-state index in [9.17, 15) is 0 Å². The molecular formula is C13H24N2O2. The highest BCUT2D eigenvalue weighted by molar-refractivity contribution is 4.98. The van der Waals surface area contributed by atoms with E-state index in [1.54, 1.807) is 13.4 Å². The number of hydrogen-bond acceptors (Lipinski definition) is 4. The highest BCUT2D eigenvalue weighted by atomic mass is 16.5. The molecule has 0 aromatic carbocycles. The summed E-state index contributed by atoms with van der Waals surface area (Å²) in [4.78, 5) is 2.21. The maximum absolute atomic E-state index is 5.84. The molecule has 0 amide bonds. The van der Waals surface area contributed by atoms with Gasteiger partial charge >= 0.3 is 0 Å². The topological polar surface area (TPSA) is 51.6 Å². The standard InChI is InChI=1S/C13H24N2O2/c1-13(2,16-4)8-11(9-14)15(3)10-12-6-5-7-17-12/h5-7,11H,8-10,14H2,1-4H3. The first-order valence-corrected chi connectivity index (χ1v) is 5.96. The molecule has 0 aliphatic rings. The molecule has 1 aromatic heterocycles. The van der Waals surface area contributed by atoms with Crippen molar-refractivity contribution >= 4 is 0 Å². The average Bonchev–Trinajstić information content (AvgIpc) is 2.78. The first-order valence-electron chi connectivity index (χ1n) is 5.96. The smallest absolute Gasteiger partial charge is 0.117 e. The molecule has 0 spiro atoms. The van der Waals surface area contributed by atoms with E-state index < -0.39 is 0 Å². The molecule has 0 saturated carbocycles. The number of ether oxygens (including phenoxy) is 1. The average molecular weight is 240 g/mol. The van der Waals surface area contributed by atoms with E-state index in [4.69, 9.17) is 14.9 Å². The fourth-order valence-electron chi connectivity index (χ4n) is 1.85. The van der Waals surface area contributed by atoms with E-state index in [2.05, 4.69) is 25.8 Å². The van der Waals surface area contributed by atoms with Crippen molar-refractivity contribution in [1.82, 2.24) is 4.90 Å². The highest BCUT2D eigenvalue weighted by Gasteiger charge is 2.25. The Kier molecular flexibility index (Phi) is 5.18. The summed E-state index contributed by atoms with van der Waals surface area (Å²) >= 11 is 0. The van der Waals surface area contributed by atoms with E-state index in [-0.39, 0.29) is 11.6 Å². The van der Waals surface area contributed by atoms with Crippen LogP contribution in [0.3, 0.4) is 0 Å². The van der Waals surface area contributed by atoms with Gasteiger partial charge in [0.2, 0.25) is 0 Å². The summed E-state index contributed by atoms with van der Waals surface area (Å²) in [7, 11) is 3.80. The van der Waals surface area contributed by atoms with E-state index in [0.717, 1.165) is 18.7 Å². The normalized spacial score (nSPS) is 14.2. The zero-order valence-corrected chi connectivity index (χ0v) is 11.3. The first-order chi connectivity index (χ1) is 7.98. The Balaban J connectivity index is 2.55. The molecule has 1 aromatic rings. The predicted octanol–water partition coefficient (Wildman–Crippen LogP) is 1.85. The van der Waals surface area contributed by atoms with Gasteiger partial charge in [-0.3, -0.25) is 4.90 Å². The Morgan fingerprint density at radius 3 is 2.71 bits per heavy atom. The monoisotopic (exact) mass is 240 g/mol. The van der Waals surface area contributed by atoms with Gasteiger partial charge in [0.1, 0.15) is 5.76 Å². The summed E-state index contributed by atoms with van der Waals surface area (Å²) in [5.41, 5.74) is 5.69. The van der Waals surface area contributed by atoms with Crippen LogP contribution in [-0.4, -0.2) is 37.2 Å². The molecule has 1 heterocycles. The number of hydrogen-bond donors (Lipinski definition) is 1. The maximum atomic E-state index is 5.84. The van der Waals surface area contributed by atoms with Gasteiger partial charge in [0.05, 0.1) is 18.4 Å². The first kappa shape index (κ1) is 14.2. The van der Waals surface area contributed by atoms with Gasteiger partial charge in [0.15, 0.2) is 0 Å². The van der Waals surface area contributed by atoms with Crippen LogP contribution in [0.2, 0.25) is 0 Å². The van der Waals surface area contributed by atoms with Crippen molar-refractivity contribution < 1.29 is 9.15 Å². The number of nitrogens with two attached hydrogens (primary N) is 1. The van der Waals surface area contributed by atoms with Gasteiger partial charge in [-0.1, -0.05) is 0 Å². The number of methoxy groups -OCH3 is 1. The third-order valence-electron chi connectivity index (χ3n) is 3.16. The summed E-state index contributed by atoms with van der Waals surface area (Å²) < 4.78 is 10.8. The highest BCUT2D eigenvalue weighted by Crippen LogP contribution is 2.19. The van der Waals surface area contributed by atoms with Crippen molar-refractivity contribution in [2.45, 2.75) is 38.5 Å². The third-order valence-corrected chi connectivity index (χ3v) is 3.16. The lowest BCUT2D eigenvalue weighted by atomic mass is 9.98. The molecule has 0 saturated heterocycles. The Morgan fingerprint density at radius 1 is 1.53 bits per heavy atom. The van der Waals surface area contributed by atoms with E-state index >= 15 is 0 Å². The van der Waals surface area contributed by atoms with E-state index in [0.29, 0.717) is 6.54 Å². The molecule has 2 N–H and O–H groups in total. The summed E-state index contributed by atoms with van der Waals surface area (Å²) in [5, 5.41) is 0. The van der Waals surface area contributed by atoms with Gasteiger partial charge in [-0.25, -0.2) is 0 Å². The maximum Gasteiger partial charge on any atom is 0.117 e. The van der Waals surface area contributed by atoms with Crippen molar-refractivity contribution in [2.24, 2.45) is 5.73 Å². The van der Waals surface area contributed by atoms with Gasteiger partial charge < -0.3 is 14.9 Å². The second kappa shape index (κ2) is 6.19. The lowest BCUT2D eigenvalue weighted by Crippen LogP contribution is -2.43. The Morgan fingerprint density at radius 2 is 2.24 bits per heavy atom. The number of nitrogens with zero attached hydrogens (tertiary/aromatic N) is 1. The van der Waals surface area contributed by atoms with Gasteiger partial charge in [0.25, 0.3) is 0 Å². The number of furan rings is 1. The van der Waals surface area contributed by atoms with Crippen LogP contribution in [-0.2, 0) is 11.3 Å². The number of likely N-dealkylation sites (N-methyl/N-ethyl adjacent to an activating group) is 1. The fourth-order valence-corrected chi connectivity index (χ4v) is 1.85. The van der Waals surface area contributed by atoms with Crippen LogP contribution in [0.1, 0.15) is 26.0 Å². The van der Waals surface area contributed by atoms with Crippen molar-refractivity contribution in [3.63, 3.8) is 0 Å². The van der Waals surface area contributed by atoms with Crippen LogP contribution in [0.5, 0.6) is 0 Å². The molecule has 4 nitrogen and oxygen atoms in total. The quantitative estimate of drug-likeness (QED) is 0.790. The lowest BCUT2D eigenvalue weighted by molar-refractivity contribution is -0.00601. The number of rotatable bonds is 7. The van der Waals surface area contributed by atoms with Crippen molar-refractivity contribution in [1.29, 1.82) is 0 Å². The van der Waals surface area contributed by atoms with Crippen LogP contribution in [0.25, 0.3) is 0 Å². The molecule has 0 bridgehead atoms. The Hall–Kier alpha value is -0.840. The minimum Gasteiger partial charge on any atom is -0.468 e. The fraction of sp³-hybridized carbons (Fsp3) is 0.692. The largest absolute Gasteiger partial charge is 0.468 e. The molecule has 17 heavy (non-hydrogen) atoms. The SMILES string of the molecule is COC(C)(C)CC(CN)N(C)Cc1ccco1. The Bertz CT molecular complexity index is 309. The minimum atomic E-state index is -0.151. The predicted molar refractivity (Wildman–Crippen MR) is 68.7 cm³/mol. The molecular weight excluding hydrogens is 216 g/mol. The molecule has 1 rings (SSSR count). The molecule has 1 atom stereocenters. The summed E-state index contributed by atoms with van der Waals surface area (Å²) in [6.07, 6.45) is 2.59. The Labute approximate surface area is 104 Å². The van der Waals surface area contributed by atoms with E-state index in [1.165, 1.54) is 0 Å². The van der Waals surface area contributed by atoms with Crippen molar-refractivity contribution in [3.05, 3.63) is 24.2 Å². The second-order valence-corrected chi connectivity index (χ2v) is 5.05. The molecule has 4 heteroatoms. The third kappa shape index (κ3) is 4.50.